The third-order valence-electron chi connectivity index (χ3n) is 1.75. The van der Waals surface area contributed by atoms with Crippen molar-refractivity contribution in [1.82, 2.24) is 0 Å². The average Bonchev–Trinajstić information content (AvgIpc) is 2.16. The van der Waals surface area contributed by atoms with Crippen LogP contribution >= 0.6 is 15.9 Å². The van der Waals surface area contributed by atoms with Crippen LogP contribution in [0.4, 0.5) is 0 Å². The summed E-state index contributed by atoms with van der Waals surface area (Å²) in [4.78, 5) is 10.3. The third-order valence-corrected chi connectivity index (χ3v) is 2.15. The molecule has 1 aromatic rings. The zero-order chi connectivity index (χ0) is 10.4. The molecule has 3 heteroatoms. The second-order valence-corrected chi connectivity index (χ2v) is 3.65. The smallest absolute Gasteiger partial charge is 0.328 e. The Kier molecular flexibility index (Phi) is 4.40. The number of aryl methyl sites for hydroxylation is 1. The highest BCUT2D eigenvalue weighted by Gasteiger charge is 1.93. The lowest BCUT2D eigenvalue weighted by Crippen LogP contribution is -1.88. The largest absolute Gasteiger partial charge is 0.478 e. The van der Waals surface area contributed by atoms with Gasteiger partial charge >= 0.3 is 5.97 Å². The third kappa shape index (κ3) is 3.75. The summed E-state index contributed by atoms with van der Waals surface area (Å²) >= 11 is 3.36. The van der Waals surface area contributed by atoms with Crippen LogP contribution in [0.3, 0.4) is 0 Å². The molecule has 0 aliphatic rings. The van der Waals surface area contributed by atoms with E-state index in [1.165, 1.54) is 5.56 Å². The summed E-state index contributed by atoms with van der Waals surface area (Å²) in [7, 11) is 0. The van der Waals surface area contributed by atoms with E-state index in [0.717, 1.165) is 23.4 Å². The molecule has 1 N–H and O–H groups in total. The highest BCUT2D eigenvalue weighted by atomic mass is 79.9. The SMILES string of the molecule is O=C(O)C=Cc1cccc(CCBr)c1. The van der Waals surface area contributed by atoms with Gasteiger partial charge in [-0.1, -0.05) is 40.2 Å². The van der Waals surface area contributed by atoms with E-state index in [9.17, 15) is 4.79 Å². The van der Waals surface area contributed by atoms with E-state index in [1.54, 1.807) is 6.08 Å². The number of hydrogen-bond acceptors (Lipinski definition) is 1. The summed E-state index contributed by atoms with van der Waals surface area (Å²) in [5.74, 6) is -0.920. The Balaban J connectivity index is 2.77. The van der Waals surface area contributed by atoms with Gasteiger partial charge in [0, 0.05) is 11.4 Å². The lowest BCUT2D eigenvalue weighted by atomic mass is 10.1. The minimum absolute atomic E-state index is 0.916. The van der Waals surface area contributed by atoms with Crippen LogP contribution in [0.1, 0.15) is 11.1 Å². The first-order chi connectivity index (χ1) is 6.72. The molecule has 0 saturated heterocycles. The molecule has 0 aromatic heterocycles. The number of hydrogen-bond donors (Lipinski definition) is 1. The predicted molar refractivity (Wildman–Crippen MR) is 60.6 cm³/mol. The molecular formula is C11H11BrO2. The van der Waals surface area contributed by atoms with Crippen molar-refractivity contribution in [2.75, 3.05) is 5.33 Å². The van der Waals surface area contributed by atoms with Crippen LogP contribution < -0.4 is 0 Å². The zero-order valence-corrected chi connectivity index (χ0v) is 9.20. The fraction of sp³-hybridized carbons (Fsp3) is 0.182. The lowest BCUT2D eigenvalue weighted by molar-refractivity contribution is -0.131. The summed E-state index contributed by atoms with van der Waals surface area (Å²) in [5, 5.41) is 9.37. The second-order valence-electron chi connectivity index (χ2n) is 2.86. The van der Waals surface area contributed by atoms with Gasteiger partial charge in [-0.25, -0.2) is 4.79 Å². The van der Waals surface area contributed by atoms with Gasteiger partial charge in [0.15, 0.2) is 0 Å². The Morgan fingerprint density at radius 3 is 2.93 bits per heavy atom. The van der Waals surface area contributed by atoms with Crippen molar-refractivity contribution >= 4 is 28.0 Å². The molecule has 2 nitrogen and oxygen atoms in total. The monoisotopic (exact) mass is 254 g/mol. The molecule has 0 aliphatic carbocycles. The number of halogens is 1. The molecule has 74 valence electrons. The standard InChI is InChI=1S/C11H11BrO2/c12-7-6-10-3-1-2-9(8-10)4-5-11(13)14/h1-5,8H,6-7H2,(H,13,14). The van der Waals surface area contributed by atoms with Gasteiger partial charge < -0.3 is 5.11 Å². The van der Waals surface area contributed by atoms with E-state index >= 15 is 0 Å². The zero-order valence-electron chi connectivity index (χ0n) is 7.61. The van der Waals surface area contributed by atoms with Crippen LogP contribution in [0, 0.1) is 0 Å². The molecule has 0 heterocycles. The Labute approximate surface area is 91.4 Å². The summed E-state index contributed by atoms with van der Waals surface area (Å²) in [6.45, 7) is 0. The van der Waals surface area contributed by atoms with Gasteiger partial charge in [0.25, 0.3) is 0 Å². The first-order valence-corrected chi connectivity index (χ1v) is 5.40. The van der Waals surface area contributed by atoms with Gasteiger partial charge in [-0.3, -0.25) is 0 Å². The molecule has 0 saturated carbocycles. The van der Waals surface area contributed by atoms with E-state index in [1.807, 2.05) is 24.3 Å². The molecule has 0 fully saturated rings. The number of alkyl halides is 1. The van der Waals surface area contributed by atoms with Crippen LogP contribution in [0.25, 0.3) is 6.08 Å². The topological polar surface area (TPSA) is 37.3 Å². The van der Waals surface area contributed by atoms with E-state index < -0.39 is 5.97 Å². The Hall–Kier alpha value is -1.09. The molecule has 0 unspecified atom stereocenters. The fourth-order valence-electron chi connectivity index (χ4n) is 1.13. The Bertz CT molecular complexity index is 345. The summed E-state index contributed by atoms with van der Waals surface area (Å²) in [6, 6.07) is 7.83. The number of carboxylic acids is 1. The van der Waals surface area contributed by atoms with E-state index in [0.29, 0.717) is 0 Å². The van der Waals surface area contributed by atoms with Gasteiger partial charge in [-0.2, -0.15) is 0 Å². The van der Waals surface area contributed by atoms with E-state index in [-0.39, 0.29) is 0 Å². The maximum atomic E-state index is 10.3. The average molecular weight is 255 g/mol. The van der Waals surface area contributed by atoms with Crippen molar-refractivity contribution in [3.63, 3.8) is 0 Å². The van der Waals surface area contributed by atoms with Crippen LogP contribution in [0.5, 0.6) is 0 Å². The van der Waals surface area contributed by atoms with Gasteiger partial charge in [0.05, 0.1) is 0 Å². The van der Waals surface area contributed by atoms with Crippen molar-refractivity contribution in [2.45, 2.75) is 6.42 Å². The lowest BCUT2D eigenvalue weighted by Gasteiger charge is -1.98. The first-order valence-electron chi connectivity index (χ1n) is 4.28. The summed E-state index contributed by atoms with van der Waals surface area (Å²) in [6.07, 6.45) is 3.70. The molecule has 0 bridgehead atoms. The van der Waals surface area contributed by atoms with E-state index in [4.69, 9.17) is 5.11 Å². The maximum absolute atomic E-state index is 10.3. The molecule has 1 aromatic carbocycles. The summed E-state index contributed by atoms with van der Waals surface area (Å²) < 4.78 is 0. The number of carboxylic acid groups (broad SMARTS) is 1. The second kappa shape index (κ2) is 5.60. The molecule has 1 rings (SSSR count). The minimum Gasteiger partial charge on any atom is -0.478 e. The van der Waals surface area contributed by atoms with Crippen LogP contribution in [-0.4, -0.2) is 16.4 Å². The Morgan fingerprint density at radius 1 is 1.50 bits per heavy atom. The van der Waals surface area contributed by atoms with Gasteiger partial charge in [0.2, 0.25) is 0 Å². The number of benzene rings is 1. The number of carbonyl (C=O) groups is 1. The molecule has 14 heavy (non-hydrogen) atoms. The molecule has 0 amide bonds. The number of rotatable bonds is 4. The highest BCUT2D eigenvalue weighted by Crippen LogP contribution is 2.08. The summed E-state index contributed by atoms with van der Waals surface area (Å²) in [5.41, 5.74) is 2.13. The first kappa shape index (κ1) is 11.0. The Morgan fingerprint density at radius 2 is 2.29 bits per heavy atom. The minimum atomic E-state index is -0.920. The quantitative estimate of drug-likeness (QED) is 0.663. The van der Waals surface area contributed by atoms with Gasteiger partial charge in [-0.15, -0.1) is 0 Å². The molecular weight excluding hydrogens is 244 g/mol. The van der Waals surface area contributed by atoms with Crippen LogP contribution in [-0.2, 0) is 11.2 Å². The van der Waals surface area contributed by atoms with Crippen molar-refractivity contribution in [2.24, 2.45) is 0 Å². The van der Waals surface area contributed by atoms with Crippen LogP contribution in [0.15, 0.2) is 30.3 Å². The van der Waals surface area contributed by atoms with Crippen molar-refractivity contribution in [3.05, 3.63) is 41.5 Å². The number of aliphatic carboxylic acids is 1. The molecule has 0 radical (unpaired) electrons. The molecule has 0 atom stereocenters. The van der Waals surface area contributed by atoms with Crippen LogP contribution in [0.2, 0.25) is 0 Å². The molecule has 0 spiro atoms. The van der Waals surface area contributed by atoms with Gasteiger partial charge in [-0.05, 0) is 23.6 Å². The van der Waals surface area contributed by atoms with E-state index in [2.05, 4.69) is 15.9 Å². The normalized spacial score (nSPS) is 10.6. The molecule has 0 aliphatic heterocycles. The fourth-order valence-corrected chi connectivity index (χ4v) is 1.59. The van der Waals surface area contributed by atoms with Crippen molar-refractivity contribution in [1.29, 1.82) is 0 Å². The maximum Gasteiger partial charge on any atom is 0.328 e. The van der Waals surface area contributed by atoms with Crippen molar-refractivity contribution < 1.29 is 9.90 Å². The highest BCUT2D eigenvalue weighted by molar-refractivity contribution is 9.09. The van der Waals surface area contributed by atoms with Gasteiger partial charge in [0.1, 0.15) is 0 Å². The van der Waals surface area contributed by atoms with Crippen molar-refractivity contribution in [3.8, 4) is 0 Å². The predicted octanol–water partition coefficient (Wildman–Crippen LogP) is 2.72.